The minimum absolute atomic E-state index is 0.0259. The highest BCUT2D eigenvalue weighted by Crippen LogP contribution is 2.31. The molecule has 0 atom stereocenters. The third kappa shape index (κ3) is 3.92. The first-order chi connectivity index (χ1) is 9.86. The van der Waals surface area contributed by atoms with Crippen LogP contribution in [-0.2, 0) is 6.54 Å². The van der Waals surface area contributed by atoms with Crippen molar-refractivity contribution in [1.29, 1.82) is 0 Å². The SMILES string of the molecule is Cc1cc(Br)c(NCc2cc(F)cc(Cl)c2)cc1[N+](=O)[O-]. The van der Waals surface area contributed by atoms with E-state index in [4.69, 9.17) is 11.6 Å². The second-order valence-corrected chi connectivity index (χ2v) is 5.80. The maximum Gasteiger partial charge on any atom is 0.274 e. The lowest BCUT2D eigenvalue weighted by Crippen LogP contribution is -2.02. The Hall–Kier alpha value is -1.66. The Labute approximate surface area is 134 Å². The first-order valence-electron chi connectivity index (χ1n) is 6.00. The van der Waals surface area contributed by atoms with E-state index >= 15 is 0 Å². The molecule has 0 saturated heterocycles. The Morgan fingerprint density at radius 2 is 2.05 bits per heavy atom. The highest BCUT2D eigenvalue weighted by Gasteiger charge is 2.14. The molecule has 7 heteroatoms. The van der Waals surface area contributed by atoms with Crippen LogP contribution in [-0.4, -0.2) is 4.92 Å². The quantitative estimate of drug-likeness (QED) is 0.601. The summed E-state index contributed by atoms with van der Waals surface area (Å²) in [5.41, 5.74) is 1.80. The average molecular weight is 374 g/mol. The zero-order chi connectivity index (χ0) is 15.6. The van der Waals surface area contributed by atoms with Gasteiger partial charge in [0.05, 0.1) is 10.6 Å². The van der Waals surface area contributed by atoms with Gasteiger partial charge in [-0.1, -0.05) is 11.6 Å². The number of aryl methyl sites for hydroxylation is 1. The van der Waals surface area contributed by atoms with Gasteiger partial charge in [-0.15, -0.1) is 0 Å². The minimum Gasteiger partial charge on any atom is -0.380 e. The Morgan fingerprint density at radius 1 is 1.33 bits per heavy atom. The lowest BCUT2D eigenvalue weighted by molar-refractivity contribution is -0.385. The monoisotopic (exact) mass is 372 g/mol. The third-order valence-corrected chi connectivity index (χ3v) is 3.76. The van der Waals surface area contributed by atoms with Crippen LogP contribution in [0, 0.1) is 22.9 Å². The molecule has 0 spiro atoms. The number of hydrogen-bond donors (Lipinski definition) is 1. The van der Waals surface area contributed by atoms with Crippen LogP contribution in [0.15, 0.2) is 34.8 Å². The van der Waals surface area contributed by atoms with Gasteiger partial charge in [-0.3, -0.25) is 10.1 Å². The summed E-state index contributed by atoms with van der Waals surface area (Å²) >= 11 is 9.13. The molecule has 2 aromatic rings. The van der Waals surface area contributed by atoms with Crippen LogP contribution >= 0.6 is 27.5 Å². The molecular formula is C14H11BrClFN2O2. The van der Waals surface area contributed by atoms with E-state index < -0.39 is 10.7 Å². The van der Waals surface area contributed by atoms with Gasteiger partial charge in [0.2, 0.25) is 0 Å². The largest absolute Gasteiger partial charge is 0.380 e. The van der Waals surface area contributed by atoms with Gasteiger partial charge in [-0.05, 0) is 52.7 Å². The van der Waals surface area contributed by atoms with Crippen molar-refractivity contribution in [2.75, 3.05) is 5.32 Å². The van der Waals surface area contributed by atoms with Crippen LogP contribution in [0.1, 0.15) is 11.1 Å². The fourth-order valence-electron chi connectivity index (χ4n) is 1.90. The zero-order valence-corrected chi connectivity index (χ0v) is 13.3. The number of nitro groups is 1. The number of nitro benzene ring substituents is 1. The molecule has 2 rings (SSSR count). The maximum atomic E-state index is 13.2. The lowest BCUT2D eigenvalue weighted by Gasteiger charge is -2.10. The van der Waals surface area contributed by atoms with E-state index in [9.17, 15) is 14.5 Å². The molecule has 0 radical (unpaired) electrons. The first-order valence-corrected chi connectivity index (χ1v) is 7.17. The molecule has 0 aliphatic carbocycles. The molecule has 0 amide bonds. The Kier molecular flexibility index (Phi) is 4.80. The van der Waals surface area contributed by atoms with Crippen LogP contribution in [0.25, 0.3) is 0 Å². The fourth-order valence-corrected chi connectivity index (χ4v) is 2.75. The molecule has 0 bridgehead atoms. The zero-order valence-electron chi connectivity index (χ0n) is 11.0. The van der Waals surface area contributed by atoms with Gasteiger partial charge in [-0.2, -0.15) is 0 Å². The summed E-state index contributed by atoms with van der Waals surface area (Å²) in [5, 5.41) is 14.3. The summed E-state index contributed by atoms with van der Waals surface area (Å²) < 4.78 is 13.9. The van der Waals surface area contributed by atoms with Crippen LogP contribution in [0.5, 0.6) is 0 Å². The summed E-state index contributed by atoms with van der Waals surface area (Å²) in [5.74, 6) is -0.423. The highest BCUT2D eigenvalue weighted by atomic mass is 79.9. The third-order valence-electron chi connectivity index (χ3n) is 2.89. The standard InChI is InChI=1S/C14H11BrClFN2O2/c1-8-2-12(15)13(6-14(8)19(20)21)18-7-9-3-10(16)5-11(17)4-9/h2-6,18H,7H2,1H3. The highest BCUT2D eigenvalue weighted by molar-refractivity contribution is 9.10. The topological polar surface area (TPSA) is 55.2 Å². The van der Waals surface area contributed by atoms with Crippen LogP contribution < -0.4 is 5.32 Å². The van der Waals surface area contributed by atoms with E-state index in [-0.39, 0.29) is 5.69 Å². The summed E-state index contributed by atoms with van der Waals surface area (Å²) in [6.45, 7) is 1.97. The van der Waals surface area contributed by atoms with Gasteiger partial charge in [0, 0.05) is 27.7 Å². The van der Waals surface area contributed by atoms with Crippen molar-refractivity contribution < 1.29 is 9.31 Å². The fraction of sp³-hybridized carbons (Fsp3) is 0.143. The molecule has 0 aliphatic heterocycles. The molecule has 4 nitrogen and oxygen atoms in total. The summed E-state index contributed by atoms with van der Waals surface area (Å²) in [6.07, 6.45) is 0. The summed E-state index contributed by atoms with van der Waals surface area (Å²) in [4.78, 5) is 10.5. The second kappa shape index (κ2) is 6.41. The molecular weight excluding hydrogens is 363 g/mol. The molecule has 0 heterocycles. The van der Waals surface area contributed by atoms with Gasteiger partial charge in [0.15, 0.2) is 0 Å². The van der Waals surface area contributed by atoms with Crippen molar-refractivity contribution in [3.05, 3.63) is 66.9 Å². The van der Waals surface area contributed by atoms with Gasteiger partial charge in [0.1, 0.15) is 5.82 Å². The normalized spacial score (nSPS) is 10.5. The predicted octanol–water partition coefficient (Wildman–Crippen LogP) is 5.07. The minimum atomic E-state index is -0.438. The molecule has 0 unspecified atom stereocenters. The number of anilines is 1. The van der Waals surface area contributed by atoms with E-state index in [1.807, 2.05) is 0 Å². The van der Waals surface area contributed by atoms with Crippen molar-refractivity contribution in [3.63, 3.8) is 0 Å². The average Bonchev–Trinajstić information content (AvgIpc) is 2.36. The Bertz CT molecular complexity index is 689. The van der Waals surface area contributed by atoms with Gasteiger partial charge < -0.3 is 5.32 Å². The number of rotatable bonds is 4. The number of halogens is 3. The van der Waals surface area contributed by atoms with E-state index in [0.29, 0.717) is 32.9 Å². The molecule has 0 aromatic heterocycles. The summed E-state index contributed by atoms with van der Waals surface area (Å²) in [6, 6.07) is 7.32. The number of benzene rings is 2. The van der Waals surface area contributed by atoms with Crippen LogP contribution in [0.4, 0.5) is 15.8 Å². The van der Waals surface area contributed by atoms with Gasteiger partial charge in [0.25, 0.3) is 5.69 Å². The summed E-state index contributed by atoms with van der Waals surface area (Å²) in [7, 11) is 0. The molecule has 21 heavy (non-hydrogen) atoms. The molecule has 1 N–H and O–H groups in total. The first kappa shape index (κ1) is 15.7. The Balaban J connectivity index is 2.23. The number of nitrogens with one attached hydrogen (secondary N) is 1. The van der Waals surface area contributed by atoms with E-state index in [2.05, 4.69) is 21.2 Å². The number of nitrogens with zero attached hydrogens (tertiary/aromatic N) is 1. The molecule has 0 aliphatic rings. The van der Waals surface area contributed by atoms with Gasteiger partial charge >= 0.3 is 0 Å². The van der Waals surface area contributed by atoms with E-state index in [1.54, 1.807) is 19.1 Å². The van der Waals surface area contributed by atoms with Crippen molar-refractivity contribution in [2.24, 2.45) is 0 Å². The van der Waals surface area contributed by atoms with Crippen molar-refractivity contribution >= 4 is 38.9 Å². The van der Waals surface area contributed by atoms with E-state index in [0.717, 1.165) is 0 Å². The second-order valence-electron chi connectivity index (χ2n) is 4.51. The van der Waals surface area contributed by atoms with Crippen LogP contribution in [0.2, 0.25) is 5.02 Å². The van der Waals surface area contributed by atoms with Crippen LogP contribution in [0.3, 0.4) is 0 Å². The molecule has 0 fully saturated rings. The molecule has 2 aromatic carbocycles. The Morgan fingerprint density at radius 3 is 2.67 bits per heavy atom. The van der Waals surface area contributed by atoms with Gasteiger partial charge in [-0.25, -0.2) is 4.39 Å². The number of hydrogen-bond acceptors (Lipinski definition) is 3. The maximum absolute atomic E-state index is 13.2. The molecule has 110 valence electrons. The van der Waals surface area contributed by atoms with Crippen molar-refractivity contribution in [3.8, 4) is 0 Å². The smallest absolute Gasteiger partial charge is 0.274 e. The lowest BCUT2D eigenvalue weighted by atomic mass is 10.1. The van der Waals surface area contributed by atoms with E-state index in [1.165, 1.54) is 18.2 Å². The van der Waals surface area contributed by atoms with Crippen molar-refractivity contribution in [1.82, 2.24) is 0 Å². The molecule has 0 saturated carbocycles. The van der Waals surface area contributed by atoms with Crippen molar-refractivity contribution in [2.45, 2.75) is 13.5 Å². The predicted molar refractivity (Wildman–Crippen MR) is 84.3 cm³/mol.